The average Bonchev–Trinajstić information content (AvgIpc) is 3.10. The minimum atomic E-state index is -0.212. The summed E-state index contributed by atoms with van der Waals surface area (Å²) >= 11 is 0. The molecule has 0 N–H and O–H groups in total. The Kier molecular flexibility index (Phi) is 5.50. The largest absolute Gasteiger partial charge is 0.368 e. The molecular weight excluding hydrogens is 386 g/mol. The van der Waals surface area contributed by atoms with E-state index in [0.717, 1.165) is 41.1 Å². The van der Waals surface area contributed by atoms with Crippen LogP contribution in [0.4, 0.5) is 5.69 Å². The predicted molar refractivity (Wildman–Crippen MR) is 126 cm³/mol. The molecule has 2 aromatic heterocycles. The van der Waals surface area contributed by atoms with Crippen molar-refractivity contribution >= 4 is 22.6 Å². The Hall–Kier alpha value is -2.89. The van der Waals surface area contributed by atoms with Gasteiger partial charge in [-0.05, 0) is 51.8 Å². The van der Waals surface area contributed by atoms with Crippen LogP contribution < -0.4 is 4.90 Å². The van der Waals surface area contributed by atoms with Crippen molar-refractivity contribution in [2.45, 2.75) is 53.0 Å². The number of hydrogen-bond acceptors (Lipinski definition) is 4. The fourth-order valence-electron chi connectivity index (χ4n) is 4.22. The molecule has 1 aliphatic heterocycles. The van der Waals surface area contributed by atoms with Gasteiger partial charge in [-0.2, -0.15) is 5.10 Å². The molecule has 1 saturated heterocycles. The van der Waals surface area contributed by atoms with Crippen molar-refractivity contribution in [1.82, 2.24) is 19.7 Å². The standard InChI is InChI=1S/C25H33N5O/c1-17(2)21-16-20(22-18(3)27-30(23(22)26-21)25(4,5)6)24(31)29-14-12-28(13-15-29)19-10-8-7-9-11-19/h7-11,16-17H,12-15H2,1-6H3. The van der Waals surface area contributed by atoms with Crippen LogP contribution in [0.25, 0.3) is 11.0 Å². The number of carbonyl (C=O) groups is 1. The van der Waals surface area contributed by atoms with Crippen molar-refractivity contribution in [3.63, 3.8) is 0 Å². The summed E-state index contributed by atoms with van der Waals surface area (Å²) in [6.45, 7) is 15.7. The molecule has 1 amide bonds. The zero-order valence-corrected chi connectivity index (χ0v) is 19.5. The Balaban J connectivity index is 1.69. The van der Waals surface area contributed by atoms with Gasteiger partial charge in [0.15, 0.2) is 5.65 Å². The molecule has 0 radical (unpaired) electrons. The van der Waals surface area contributed by atoms with Crippen LogP contribution in [0.3, 0.4) is 0 Å². The smallest absolute Gasteiger partial charge is 0.254 e. The zero-order chi connectivity index (χ0) is 22.3. The minimum absolute atomic E-state index is 0.0820. The van der Waals surface area contributed by atoms with E-state index < -0.39 is 0 Å². The maximum Gasteiger partial charge on any atom is 0.254 e. The van der Waals surface area contributed by atoms with Gasteiger partial charge in [-0.3, -0.25) is 4.79 Å². The third kappa shape index (κ3) is 4.03. The van der Waals surface area contributed by atoms with Crippen molar-refractivity contribution in [2.24, 2.45) is 0 Å². The minimum Gasteiger partial charge on any atom is -0.368 e. The molecule has 0 aliphatic carbocycles. The molecule has 0 atom stereocenters. The lowest BCUT2D eigenvalue weighted by molar-refractivity contribution is 0.0748. The summed E-state index contributed by atoms with van der Waals surface area (Å²) < 4.78 is 1.97. The SMILES string of the molecule is Cc1nn(C(C)(C)C)c2nc(C(C)C)cc(C(=O)N3CCN(c4ccccc4)CC3)c12. The Morgan fingerprint density at radius 1 is 1.03 bits per heavy atom. The number of nitrogens with zero attached hydrogens (tertiary/aromatic N) is 5. The molecule has 4 rings (SSSR count). The lowest BCUT2D eigenvalue weighted by Crippen LogP contribution is -2.48. The average molecular weight is 420 g/mol. The van der Waals surface area contributed by atoms with Crippen molar-refractivity contribution in [1.29, 1.82) is 0 Å². The first-order valence-electron chi connectivity index (χ1n) is 11.2. The highest BCUT2D eigenvalue weighted by Crippen LogP contribution is 2.30. The van der Waals surface area contributed by atoms with Crippen molar-refractivity contribution in [2.75, 3.05) is 31.1 Å². The Bertz CT molecular complexity index is 1090. The molecule has 1 aliphatic rings. The van der Waals surface area contributed by atoms with Crippen LogP contribution in [-0.4, -0.2) is 51.8 Å². The highest BCUT2D eigenvalue weighted by molar-refractivity contribution is 6.06. The lowest BCUT2D eigenvalue weighted by atomic mass is 10.0. The zero-order valence-electron chi connectivity index (χ0n) is 19.5. The van der Waals surface area contributed by atoms with Gasteiger partial charge in [0.25, 0.3) is 5.91 Å². The number of rotatable bonds is 3. The molecule has 6 heteroatoms. The second-order valence-electron chi connectivity index (χ2n) is 9.73. The number of fused-ring (bicyclic) bond motifs is 1. The third-order valence-corrected chi connectivity index (χ3v) is 5.98. The van der Waals surface area contributed by atoms with Crippen LogP contribution in [0.15, 0.2) is 36.4 Å². The third-order valence-electron chi connectivity index (χ3n) is 5.98. The summed E-state index contributed by atoms with van der Waals surface area (Å²) in [5, 5.41) is 5.66. The highest BCUT2D eigenvalue weighted by atomic mass is 16.2. The van der Waals surface area contributed by atoms with Gasteiger partial charge in [0, 0.05) is 37.6 Å². The van der Waals surface area contributed by atoms with Crippen LogP contribution >= 0.6 is 0 Å². The van der Waals surface area contributed by atoms with E-state index in [1.165, 1.54) is 5.69 Å². The molecule has 0 spiro atoms. The number of aromatic nitrogens is 3. The second-order valence-corrected chi connectivity index (χ2v) is 9.73. The number of para-hydroxylation sites is 1. The monoisotopic (exact) mass is 419 g/mol. The lowest BCUT2D eigenvalue weighted by Gasteiger charge is -2.36. The van der Waals surface area contributed by atoms with E-state index in [1.54, 1.807) is 0 Å². The Labute approximate surface area is 184 Å². The summed E-state index contributed by atoms with van der Waals surface area (Å²) in [6, 6.07) is 12.4. The first kappa shape index (κ1) is 21.3. The number of piperazine rings is 1. The molecule has 1 aromatic carbocycles. The van der Waals surface area contributed by atoms with Gasteiger partial charge in [-0.25, -0.2) is 9.67 Å². The molecule has 6 nitrogen and oxygen atoms in total. The molecular formula is C25H33N5O. The predicted octanol–water partition coefficient (Wildman–Crippen LogP) is 4.58. The number of amides is 1. The van der Waals surface area contributed by atoms with Crippen molar-refractivity contribution in [3.05, 3.63) is 53.3 Å². The number of hydrogen-bond donors (Lipinski definition) is 0. The summed E-state index contributed by atoms with van der Waals surface area (Å²) in [5.74, 6) is 0.313. The van der Waals surface area contributed by atoms with Gasteiger partial charge in [-0.1, -0.05) is 32.0 Å². The number of pyridine rings is 1. The van der Waals surface area contributed by atoms with Crippen LogP contribution in [0.2, 0.25) is 0 Å². The maximum atomic E-state index is 13.7. The summed E-state index contributed by atoms with van der Waals surface area (Å²) in [5.41, 5.74) is 4.34. The fourth-order valence-corrected chi connectivity index (χ4v) is 4.22. The molecule has 0 saturated carbocycles. The van der Waals surface area contributed by atoms with Gasteiger partial charge < -0.3 is 9.80 Å². The van der Waals surface area contributed by atoms with Gasteiger partial charge in [-0.15, -0.1) is 0 Å². The van der Waals surface area contributed by atoms with Gasteiger partial charge >= 0.3 is 0 Å². The summed E-state index contributed by atoms with van der Waals surface area (Å²) in [4.78, 5) is 22.9. The molecule has 31 heavy (non-hydrogen) atoms. The van der Waals surface area contributed by atoms with Gasteiger partial charge in [0.2, 0.25) is 0 Å². The van der Waals surface area contributed by atoms with Crippen LogP contribution in [0.5, 0.6) is 0 Å². The van der Waals surface area contributed by atoms with Crippen LogP contribution in [0, 0.1) is 6.92 Å². The fraction of sp³-hybridized carbons (Fsp3) is 0.480. The first-order valence-corrected chi connectivity index (χ1v) is 11.2. The van der Waals surface area contributed by atoms with Crippen LogP contribution in [-0.2, 0) is 5.54 Å². The molecule has 164 valence electrons. The first-order chi connectivity index (χ1) is 14.7. The van der Waals surface area contributed by atoms with Gasteiger partial charge in [0.05, 0.1) is 22.2 Å². The van der Waals surface area contributed by atoms with Crippen molar-refractivity contribution in [3.8, 4) is 0 Å². The quantitative estimate of drug-likeness (QED) is 0.624. The van der Waals surface area contributed by atoms with Crippen LogP contribution in [0.1, 0.15) is 62.3 Å². The second kappa shape index (κ2) is 7.98. The molecule has 0 bridgehead atoms. The van der Waals surface area contributed by atoms with E-state index in [4.69, 9.17) is 10.1 Å². The maximum absolute atomic E-state index is 13.7. The van der Waals surface area contributed by atoms with E-state index >= 15 is 0 Å². The van der Waals surface area contributed by atoms with Crippen molar-refractivity contribution < 1.29 is 4.79 Å². The number of carbonyl (C=O) groups excluding carboxylic acids is 1. The van der Waals surface area contributed by atoms with E-state index in [0.29, 0.717) is 13.1 Å². The Morgan fingerprint density at radius 2 is 1.68 bits per heavy atom. The number of anilines is 1. The molecule has 3 heterocycles. The molecule has 1 fully saturated rings. The summed E-state index contributed by atoms with van der Waals surface area (Å²) in [7, 11) is 0. The number of benzene rings is 1. The van der Waals surface area contributed by atoms with E-state index in [2.05, 4.69) is 63.8 Å². The molecule has 3 aromatic rings. The van der Waals surface area contributed by atoms with Gasteiger partial charge in [0.1, 0.15) is 0 Å². The number of aryl methyl sites for hydroxylation is 1. The normalized spacial score (nSPS) is 15.2. The highest BCUT2D eigenvalue weighted by Gasteiger charge is 2.29. The van der Waals surface area contributed by atoms with E-state index in [1.807, 2.05) is 28.6 Å². The van der Waals surface area contributed by atoms with E-state index in [-0.39, 0.29) is 17.4 Å². The summed E-state index contributed by atoms with van der Waals surface area (Å²) in [6.07, 6.45) is 0. The molecule has 0 unspecified atom stereocenters. The Morgan fingerprint density at radius 3 is 2.26 bits per heavy atom. The van der Waals surface area contributed by atoms with E-state index in [9.17, 15) is 4.79 Å². The topological polar surface area (TPSA) is 54.3 Å².